The van der Waals surface area contributed by atoms with Crippen LogP contribution in [0.25, 0.3) is 126 Å². The number of allylic oxidation sites excluding steroid dienone is 5. The molecule has 0 aliphatic heterocycles. The molecule has 0 amide bonds. The fourth-order valence-corrected chi connectivity index (χ4v) is 13.4. The van der Waals surface area contributed by atoms with Crippen molar-refractivity contribution < 1.29 is 0 Å². The molecule has 14 aromatic carbocycles. The van der Waals surface area contributed by atoms with Gasteiger partial charge >= 0.3 is 0 Å². The van der Waals surface area contributed by atoms with E-state index in [0.717, 1.165) is 0 Å². The summed E-state index contributed by atoms with van der Waals surface area (Å²) in [7, 11) is 0. The Bertz CT molecular complexity index is 4830. The Morgan fingerprint density at radius 3 is 1.17 bits per heavy atom. The largest absolute Gasteiger partial charge is 0.0622 e. The van der Waals surface area contributed by atoms with E-state index in [1.54, 1.807) is 0 Å². The number of hydrogen-bond donors (Lipinski definition) is 0. The Labute approximate surface area is 453 Å². The minimum absolute atomic E-state index is 1.18. The molecule has 0 atom stereocenters. The van der Waals surface area contributed by atoms with Gasteiger partial charge in [0.15, 0.2) is 0 Å². The zero-order chi connectivity index (χ0) is 51.3. The standard InChI is InChI=1S/C78H48/c1-5-21-49(22-6-1)55-33-15-35-58(43-55)74-75(59-36-16-34-56(44-59)50-23-7-2-8-24-50)78-73(54-28-11-4-12-29-54)69-47-66(52-25-9-3-10-26-52)67(48-70(69)77(78)76(74)62-39-17-30-51-27-13-14-38-61(51)62)60-45-57-37-20-41-64-63-40-18-31-53-32-19-42-65(71(53)63)68(46-60)72(57)64/h1-48H. The van der Waals surface area contributed by atoms with Crippen LogP contribution in [-0.4, -0.2) is 0 Å². The molecule has 0 nitrogen and oxygen atoms in total. The molecule has 14 aromatic rings. The lowest BCUT2D eigenvalue weighted by Gasteiger charge is -2.21. The summed E-state index contributed by atoms with van der Waals surface area (Å²) >= 11 is 0. The molecule has 16 rings (SSSR count). The number of benzene rings is 14. The predicted molar refractivity (Wildman–Crippen MR) is 332 cm³/mol. The van der Waals surface area contributed by atoms with Crippen molar-refractivity contribution in [3.8, 4) is 44.5 Å². The van der Waals surface area contributed by atoms with Gasteiger partial charge in [-0.15, -0.1) is 0 Å². The molecule has 0 heterocycles. The van der Waals surface area contributed by atoms with Gasteiger partial charge in [0.05, 0.1) is 0 Å². The van der Waals surface area contributed by atoms with Crippen LogP contribution in [0.1, 0.15) is 33.4 Å². The lowest BCUT2D eigenvalue weighted by molar-refractivity contribution is 1.52. The van der Waals surface area contributed by atoms with Gasteiger partial charge in [-0.2, -0.15) is 0 Å². The van der Waals surface area contributed by atoms with Crippen molar-refractivity contribution in [3.05, 3.63) is 330 Å². The van der Waals surface area contributed by atoms with Crippen molar-refractivity contribution >= 4 is 81.7 Å². The van der Waals surface area contributed by atoms with E-state index in [2.05, 4.69) is 291 Å². The lowest BCUT2D eigenvalue weighted by Crippen LogP contribution is -1.98. The Balaban J connectivity index is 1.07. The van der Waals surface area contributed by atoms with Crippen LogP contribution in [0.15, 0.2) is 297 Å². The number of rotatable bonds is 8. The van der Waals surface area contributed by atoms with Gasteiger partial charge in [-0.25, -0.2) is 0 Å². The average Bonchev–Trinajstić information content (AvgIpc) is 3.53. The van der Waals surface area contributed by atoms with Crippen LogP contribution in [0.2, 0.25) is 0 Å². The second kappa shape index (κ2) is 17.7. The average molecular weight is 985 g/mol. The van der Waals surface area contributed by atoms with Crippen LogP contribution in [0.5, 0.6) is 0 Å². The molecule has 78 heavy (non-hydrogen) atoms. The monoisotopic (exact) mass is 984 g/mol. The van der Waals surface area contributed by atoms with Gasteiger partial charge in [0.1, 0.15) is 0 Å². The highest BCUT2D eigenvalue weighted by atomic mass is 14.4. The van der Waals surface area contributed by atoms with Crippen LogP contribution < -0.4 is 0 Å². The van der Waals surface area contributed by atoms with E-state index in [0.29, 0.717) is 0 Å². The highest BCUT2D eigenvalue weighted by molar-refractivity contribution is 6.41. The Kier molecular flexibility index (Phi) is 10.0. The molecule has 0 saturated heterocycles. The minimum Gasteiger partial charge on any atom is -0.0622 e. The molecule has 0 unspecified atom stereocenters. The summed E-state index contributed by atoms with van der Waals surface area (Å²) in [6.45, 7) is 0. The molecule has 0 aromatic heterocycles. The van der Waals surface area contributed by atoms with Crippen molar-refractivity contribution in [1.29, 1.82) is 0 Å². The van der Waals surface area contributed by atoms with Crippen molar-refractivity contribution in [2.45, 2.75) is 0 Å². The summed E-state index contributed by atoms with van der Waals surface area (Å²) in [6.07, 6.45) is 0. The molecule has 0 spiro atoms. The normalized spacial score (nSPS) is 13.2. The number of fused-ring (bicyclic) bond motifs is 6. The zero-order valence-electron chi connectivity index (χ0n) is 42.7. The van der Waals surface area contributed by atoms with Crippen LogP contribution in [0.4, 0.5) is 0 Å². The summed E-state index contributed by atoms with van der Waals surface area (Å²) in [6, 6.07) is 109. The molecular weight excluding hydrogens is 937 g/mol. The van der Waals surface area contributed by atoms with Crippen molar-refractivity contribution in [3.63, 3.8) is 0 Å². The first-order chi connectivity index (χ1) is 38.7. The van der Waals surface area contributed by atoms with Crippen LogP contribution in [-0.2, 0) is 0 Å². The molecule has 0 fully saturated rings. The highest BCUT2D eigenvalue weighted by Crippen LogP contribution is 2.63. The fraction of sp³-hybridized carbons (Fsp3) is 0. The molecule has 0 saturated carbocycles. The van der Waals surface area contributed by atoms with Gasteiger partial charge in [-0.1, -0.05) is 255 Å². The summed E-state index contributed by atoms with van der Waals surface area (Å²) < 4.78 is 0. The second-order valence-electron chi connectivity index (χ2n) is 21.0. The van der Waals surface area contributed by atoms with E-state index in [4.69, 9.17) is 0 Å². The van der Waals surface area contributed by atoms with E-state index in [1.807, 2.05) is 0 Å². The third kappa shape index (κ3) is 6.87. The van der Waals surface area contributed by atoms with E-state index in [9.17, 15) is 0 Å². The van der Waals surface area contributed by atoms with Gasteiger partial charge in [0.25, 0.3) is 0 Å². The summed E-state index contributed by atoms with van der Waals surface area (Å²) in [5.41, 5.74) is 24.3. The second-order valence-corrected chi connectivity index (χ2v) is 21.0. The third-order valence-corrected chi connectivity index (χ3v) is 16.7. The fourth-order valence-electron chi connectivity index (χ4n) is 13.4. The quantitative estimate of drug-likeness (QED) is 0.105. The maximum absolute atomic E-state index is 2.57. The topological polar surface area (TPSA) is 0 Å². The molecule has 0 heteroatoms. The van der Waals surface area contributed by atoms with Crippen LogP contribution >= 0.6 is 0 Å². The summed E-state index contributed by atoms with van der Waals surface area (Å²) in [4.78, 5) is 0. The maximum atomic E-state index is 2.57. The van der Waals surface area contributed by atoms with Gasteiger partial charge < -0.3 is 0 Å². The summed E-state index contributed by atoms with van der Waals surface area (Å²) in [5.74, 6) is 0. The Hall–Kier alpha value is -10.1. The first-order valence-electron chi connectivity index (χ1n) is 27.1. The van der Waals surface area contributed by atoms with Crippen molar-refractivity contribution in [2.75, 3.05) is 0 Å². The molecule has 2 aliphatic rings. The first-order valence-corrected chi connectivity index (χ1v) is 27.1. The van der Waals surface area contributed by atoms with E-state index in [1.165, 1.54) is 165 Å². The van der Waals surface area contributed by atoms with E-state index >= 15 is 0 Å². The van der Waals surface area contributed by atoms with E-state index in [-0.39, 0.29) is 0 Å². The Morgan fingerprint density at radius 2 is 0.538 bits per heavy atom. The van der Waals surface area contributed by atoms with Crippen molar-refractivity contribution in [1.82, 2.24) is 0 Å². The Morgan fingerprint density at radius 1 is 0.141 bits per heavy atom. The van der Waals surface area contributed by atoms with Gasteiger partial charge in [0, 0.05) is 0 Å². The molecule has 0 bridgehead atoms. The predicted octanol–water partition coefficient (Wildman–Crippen LogP) is 20.9. The molecule has 0 radical (unpaired) electrons. The number of hydrogen-bond acceptors (Lipinski definition) is 0. The van der Waals surface area contributed by atoms with Gasteiger partial charge in [-0.3, -0.25) is 0 Å². The summed E-state index contributed by atoms with van der Waals surface area (Å²) in [5, 5.41) is 12.8. The smallest absolute Gasteiger partial charge is 0.000137 e. The first kappa shape index (κ1) is 44.2. The SMILES string of the molecule is c1ccc(C2=C3C(c4cccc(-c5ccccc5)c4)=C(c4cccc(-c5ccccc5)c4)C(c4cccc5ccccc45)=C3c3cc(-c4cc5cccc6c7cccc8cccc(c(c4)c56)c87)c(-c4ccccc4)cc32)cc1. The van der Waals surface area contributed by atoms with Crippen molar-refractivity contribution in [2.24, 2.45) is 0 Å². The van der Waals surface area contributed by atoms with E-state index < -0.39 is 0 Å². The molecular formula is C78H48. The molecule has 0 N–H and O–H groups in total. The molecule has 2 aliphatic carbocycles. The highest BCUT2D eigenvalue weighted by Gasteiger charge is 2.41. The lowest BCUT2D eigenvalue weighted by atomic mass is 9.82. The third-order valence-electron chi connectivity index (χ3n) is 16.7. The van der Waals surface area contributed by atoms with Gasteiger partial charge in [0.2, 0.25) is 0 Å². The van der Waals surface area contributed by atoms with Crippen LogP contribution in [0, 0.1) is 0 Å². The van der Waals surface area contributed by atoms with Crippen LogP contribution in [0.3, 0.4) is 0 Å². The maximum Gasteiger partial charge on any atom is -0.000137 e. The minimum atomic E-state index is 1.18. The zero-order valence-corrected chi connectivity index (χ0v) is 42.7. The van der Waals surface area contributed by atoms with Gasteiger partial charge in [-0.05, 0) is 202 Å². The molecule has 360 valence electrons.